The Morgan fingerprint density at radius 3 is 2.62 bits per heavy atom. The fraction of sp³-hybridized carbons (Fsp3) is 0.455. The average molecular weight is 450 g/mol. The Morgan fingerprint density at radius 1 is 1.28 bits per heavy atom. The van der Waals surface area contributed by atoms with Crippen molar-refractivity contribution in [3.63, 3.8) is 0 Å². The molecule has 0 spiro atoms. The van der Waals surface area contributed by atoms with Crippen LogP contribution in [-0.2, 0) is 11.0 Å². The highest BCUT2D eigenvalue weighted by Gasteiger charge is 2.43. The lowest BCUT2D eigenvalue weighted by atomic mass is 9.92. The third kappa shape index (κ3) is 3.45. The molecule has 3 N–H and O–H groups in total. The van der Waals surface area contributed by atoms with Crippen LogP contribution in [0, 0.1) is 30.5 Å². The molecule has 6 nitrogen and oxygen atoms in total. The van der Waals surface area contributed by atoms with Crippen molar-refractivity contribution in [2.45, 2.75) is 38.9 Å². The van der Waals surface area contributed by atoms with Crippen molar-refractivity contribution in [3.05, 3.63) is 28.7 Å². The van der Waals surface area contributed by atoms with Crippen LogP contribution in [0.2, 0.25) is 0 Å². The van der Waals surface area contributed by atoms with Crippen LogP contribution in [0.3, 0.4) is 0 Å². The maximum atomic E-state index is 15.3. The zero-order valence-electron chi connectivity index (χ0n) is 17.6. The first kappa shape index (κ1) is 22.0. The number of alkyl halides is 3. The van der Waals surface area contributed by atoms with Crippen molar-refractivity contribution in [1.29, 1.82) is 0 Å². The van der Waals surface area contributed by atoms with E-state index >= 15 is 4.39 Å². The number of anilines is 1. The second kappa shape index (κ2) is 7.73. The molecular formula is C22H22F4N4O2. The van der Waals surface area contributed by atoms with E-state index in [4.69, 9.17) is 5.73 Å². The van der Waals surface area contributed by atoms with Gasteiger partial charge in [-0.15, -0.1) is 0 Å². The second-order valence-electron chi connectivity index (χ2n) is 8.24. The minimum atomic E-state index is -4.72. The highest BCUT2D eigenvalue weighted by Crippen LogP contribution is 2.43. The maximum absolute atomic E-state index is 15.3. The van der Waals surface area contributed by atoms with Gasteiger partial charge in [0.2, 0.25) is 0 Å². The van der Waals surface area contributed by atoms with Crippen molar-refractivity contribution >= 4 is 28.4 Å². The summed E-state index contributed by atoms with van der Waals surface area (Å²) in [6.45, 7) is 3.98. The van der Waals surface area contributed by atoms with Gasteiger partial charge in [-0.2, -0.15) is 13.2 Å². The Labute approximate surface area is 181 Å². The van der Waals surface area contributed by atoms with Crippen LogP contribution in [0.25, 0.3) is 10.9 Å². The summed E-state index contributed by atoms with van der Waals surface area (Å²) in [6, 6.07) is 0.660. The molecule has 170 valence electrons. The topological polar surface area (TPSA) is 82.4 Å². The molecule has 2 amide bonds. The van der Waals surface area contributed by atoms with Gasteiger partial charge < -0.3 is 20.5 Å². The monoisotopic (exact) mass is 450 g/mol. The number of nitrogens with zero attached hydrogens (tertiary/aromatic N) is 2. The summed E-state index contributed by atoms with van der Waals surface area (Å²) in [5, 5.41) is -0.0176. The van der Waals surface area contributed by atoms with E-state index in [2.05, 4.69) is 16.8 Å². The number of aromatic amines is 1. The SMILES string of the molecule is CC#CC(=O)N1CCCC2CN(c3c(F)cc(C(N)=O)c4[nH]c(C(F)(F)F)c(C)c34)CC21. The lowest BCUT2D eigenvalue weighted by Gasteiger charge is -2.35. The summed E-state index contributed by atoms with van der Waals surface area (Å²) in [4.78, 5) is 29.9. The number of nitrogens with one attached hydrogen (secondary N) is 1. The quantitative estimate of drug-likeness (QED) is 0.545. The minimum absolute atomic E-state index is 0.0161. The Morgan fingerprint density at radius 2 is 2.00 bits per heavy atom. The van der Waals surface area contributed by atoms with Gasteiger partial charge in [0.1, 0.15) is 11.5 Å². The number of H-pyrrole nitrogens is 1. The third-order valence-corrected chi connectivity index (χ3v) is 6.39. The number of aryl methyl sites for hydroxylation is 1. The Bertz CT molecular complexity index is 1170. The smallest absolute Gasteiger partial charge is 0.366 e. The standard InChI is InChI=1S/C22H22F4N4O2/c1-3-5-16(31)30-7-4-6-12-9-29(10-15(12)30)19-14(23)8-13(21(27)32)18-17(19)11(2)20(28-18)22(24,25)26/h8,12,15,28H,4,6-7,9-10H2,1-2H3,(H2,27,32). The van der Waals surface area contributed by atoms with E-state index in [1.807, 2.05) is 0 Å². The number of carbonyl (C=O) groups is 2. The van der Waals surface area contributed by atoms with Gasteiger partial charge in [-0.1, -0.05) is 5.92 Å². The number of piperidine rings is 1. The first-order valence-electron chi connectivity index (χ1n) is 10.2. The molecule has 1 aromatic heterocycles. The molecular weight excluding hydrogens is 428 g/mol. The van der Waals surface area contributed by atoms with Crippen LogP contribution >= 0.6 is 0 Å². The predicted octanol–water partition coefficient (Wildman–Crippen LogP) is 3.18. The number of nitrogens with two attached hydrogens (primary N) is 1. The first-order valence-corrected chi connectivity index (χ1v) is 10.2. The highest BCUT2D eigenvalue weighted by atomic mass is 19.4. The third-order valence-electron chi connectivity index (χ3n) is 6.39. The van der Waals surface area contributed by atoms with E-state index in [1.54, 1.807) is 16.7 Å². The van der Waals surface area contributed by atoms with Crippen molar-refractivity contribution in [2.24, 2.45) is 11.7 Å². The summed E-state index contributed by atoms with van der Waals surface area (Å²) >= 11 is 0. The van der Waals surface area contributed by atoms with E-state index < -0.39 is 23.6 Å². The molecule has 0 radical (unpaired) electrons. The van der Waals surface area contributed by atoms with Crippen LogP contribution in [-0.4, -0.2) is 47.4 Å². The summed E-state index contributed by atoms with van der Waals surface area (Å²) in [5.41, 5.74) is 3.57. The summed E-state index contributed by atoms with van der Waals surface area (Å²) in [7, 11) is 0. The Balaban J connectivity index is 1.85. The van der Waals surface area contributed by atoms with Gasteiger partial charge in [0.15, 0.2) is 0 Å². The summed E-state index contributed by atoms with van der Waals surface area (Å²) in [5.74, 6) is 3.00. The number of carbonyl (C=O) groups excluding carboxylic acids is 2. The Kier molecular flexibility index (Phi) is 5.31. The van der Waals surface area contributed by atoms with Gasteiger partial charge in [-0.25, -0.2) is 4.39 Å². The van der Waals surface area contributed by atoms with Crippen molar-refractivity contribution < 1.29 is 27.2 Å². The van der Waals surface area contributed by atoms with Crippen LogP contribution in [0.1, 0.15) is 41.4 Å². The van der Waals surface area contributed by atoms with E-state index in [0.29, 0.717) is 13.1 Å². The molecule has 32 heavy (non-hydrogen) atoms. The zero-order chi connectivity index (χ0) is 23.4. The number of rotatable bonds is 2. The van der Waals surface area contributed by atoms with Gasteiger partial charge in [-0.3, -0.25) is 9.59 Å². The molecule has 2 aromatic rings. The zero-order valence-corrected chi connectivity index (χ0v) is 17.6. The van der Waals surface area contributed by atoms with Gasteiger partial charge >= 0.3 is 6.18 Å². The van der Waals surface area contributed by atoms with E-state index in [9.17, 15) is 22.8 Å². The summed E-state index contributed by atoms with van der Waals surface area (Å²) in [6.07, 6.45) is -3.13. The molecule has 2 atom stereocenters. The summed E-state index contributed by atoms with van der Waals surface area (Å²) < 4.78 is 56.0. The number of primary amides is 1. The Hall–Kier alpha value is -3.22. The average Bonchev–Trinajstić information content (AvgIpc) is 3.28. The number of halogens is 4. The fourth-order valence-electron chi connectivity index (χ4n) is 5.06. The van der Waals surface area contributed by atoms with E-state index in [0.717, 1.165) is 18.9 Å². The molecule has 2 fully saturated rings. The molecule has 0 saturated carbocycles. The molecule has 2 saturated heterocycles. The van der Waals surface area contributed by atoms with Gasteiger partial charge in [0, 0.05) is 25.0 Å². The molecule has 2 unspecified atom stereocenters. The number of benzene rings is 1. The molecule has 2 aliphatic rings. The normalized spacial score (nSPS) is 20.8. The van der Waals surface area contributed by atoms with Crippen LogP contribution < -0.4 is 10.6 Å². The second-order valence-corrected chi connectivity index (χ2v) is 8.24. The molecule has 0 bridgehead atoms. The van der Waals surface area contributed by atoms with Crippen LogP contribution in [0.4, 0.5) is 23.2 Å². The molecule has 3 heterocycles. The number of amides is 2. The molecule has 4 rings (SSSR count). The number of fused-ring (bicyclic) bond motifs is 2. The van der Waals surface area contributed by atoms with E-state index in [1.165, 1.54) is 6.92 Å². The number of hydrogen-bond donors (Lipinski definition) is 2. The van der Waals surface area contributed by atoms with Crippen molar-refractivity contribution in [1.82, 2.24) is 9.88 Å². The largest absolute Gasteiger partial charge is 0.431 e. The first-order chi connectivity index (χ1) is 15.0. The van der Waals surface area contributed by atoms with Crippen molar-refractivity contribution in [2.75, 3.05) is 24.5 Å². The molecule has 2 aliphatic heterocycles. The lowest BCUT2D eigenvalue weighted by Crippen LogP contribution is -2.48. The van der Waals surface area contributed by atoms with Gasteiger partial charge in [0.05, 0.1) is 22.8 Å². The lowest BCUT2D eigenvalue weighted by molar-refractivity contribution is -0.141. The minimum Gasteiger partial charge on any atom is -0.366 e. The van der Waals surface area contributed by atoms with Crippen molar-refractivity contribution in [3.8, 4) is 11.8 Å². The number of likely N-dealkylation sites (tertiary alicyclic amines) is 1. The van der Waals surface area contributed by atoms with Gasteiger partial charge in [-0.05, 0) is 50.2 Å². The molecule has 10 heteroatoms. The maximum Gasteiger partial charge on any atom is 0.431 e. The number of hydrogen-bond acceptors (Lipinski definition) is 3. The van der Waals surface area contributed by atoms with Crippen LogP contribution in [0.15, 0.2) is 6.07 Å². The molecule has 1 aromatic carbocycles. The fourth-order valence-corrected chi connectivity index (χ4v) is 5.06. The molecule has 0 aliphatic carbocycles. The van der Waals surface area contributed by atoms with E-state index in [-0.39, 0.29) is 52.1 Å². The number of aromatic nitrogens is 1. The highest BCUT2D eigenvalue weighted by molar-refractivity contribution is 6.10. The van der Waals surface area contributed by atoms with Gasteiger partial charge in [0.25, 0.3) is 11.8 Å². The van der Waals surface area contributed by atoms with Crippen LogP contribution in [0.5, 0.6) is 0 Å². The predicted molar refractivity (Wildman–Crippen MR) is 110 cm³/mol.